The van der Waals surface area contributed by atoms with Crippen molar-refractivity contribution >= 4 is 39.8 Å². The molecule has 4 heteroatoms. The summed E-state index contributed by atoms with van der Waals surface area (Å²) in [6, 6.07) is 15.8. The van der Waals surface area contributed by atoms with Gasteiger partial charge in [0.2, 0.25) is 0 Å². The number of benzene rings is 2. The monoisotopic (exact) mass is 316 g/mol. The second-order valence-corrected chi connectivity index (χ2v) is 5.67. The standard InChI is InChI=1S/C17H14Cl2N2/c1-11(13-7-3-8-14(18)16(13)19)21-15-9-2-5-12-6-4-10-20-17(12)15/h2-11,21H,1H3. The molecule has 3 rings (SSSR count). The molecule has 0 saturated heterocycles. The van der Waals surface area contributed by atoms with Crippen LogP contribution in [0.4, 0.5) is 5.69 Å². The van der Waals surface area contributed by atoms with Crippen molar-refractivity contribution in [3.63, 3.8) is 0 Å². The fourth-order valence-corrected chi connectivity index (χ4v) is 2.86. The van der Waals surface area contributed by atoms with E-state index in [1.165, 1.54) is 0 Å². The van der Waals surface area contributed by atoms with E-state index in [2.05, 4.69) is 17.2 Å². The molecule has 0 fully saturated rings. The number of para-hydroxylation sites is 1. The first-order valence-corrected chi connectivity index (χ1v) is 7.46. The van der Waals surface area contributed by atoms with Crippen molar-refractivity contribution in [1.82, 2.24) is 4.98 Å². The van der Waals surface area contributed by atoms with E-state index in [1.54, 1.807) is 12.3 Å². The average molecular weight is 317 g/mol. The number of pyridine rings is 1. The highest BCUT2D eigenvalue weighted by molar-refractivity contribution is 6.42. The summed E-state index contributed by atoms with van der Waals surface area (Å²) < 4.78 is 0. The highest BCUT2D eigenvalue weighted by Crippen LogP contribution is 2.32. The van der Waals surface area contributed by atoms with Gasteiger partial charge < -0.3 is 5.32 Å². The van der Waals surface area contributed by atoms with Crippen LogP contribution in [-0.4, -0.2) is 4.98 Å². The maximum atomic E-state index is 6.28. The fraction of sp³-hybridized carbons (Fsp3) is 0.118. The summed E-state index contributed by atoms with van der Waals surface area (Å²) in [7, 11) is 0. The highest BCUT2D eigenvalue weighted by atomic mass is 35.5. The fourth-order valence-electron chi connectivity index (χ4n) is 2.39. The van der Waals surface area contributed by atoms with Gasteiger partial charge in [-0.25, -0.2) is 0 Å². The van der Waals surface area contributed by atoms with Gasteiger partial charge in [-0.05, 0) is 30.7 Å². The molecule has 1 heterocycles. The molecule has 1 N–H and O–H groups in total. The minimum Gasteiger partial charge on any atom is -0.377 e. The number of anilines is 1. The van der Waals surface area contributed by atoms with Crippen molar-refractivity contribution in [3.05, 3.63) is 70.3 Å². The molecular formula is C17H14Cl2N2. The molecule has 0 spiro atoms. The van der Waals surface area contributed by atoms with E-state index in [4.69, 9.17) is 23.2 Å². The van der Waals surface area contributed by atoms with Crippen LogP contribution in [0, 0.1) is 0 Å². The lowest BCUT2D eigenvalue weighted by atomic mass is 10.1. The van der Waals surface area contributed by atoms with E-state index in [0.29, 0.717) is 10.0 Å². The maximum Gasteiger partial charge on any atom is 0.0933 e. The number of fused-ring (bicyclic) bond motifs is 1. The molecule has 0 bridgehead atoms. The summed E-state index contributed by atoms with van der Waals surface area (Å²) in [6.07, 6.45) is 1.80. The van der Waals surface area contributed by atoms with Gasteiger partial charge in [0, 0.05) is 11.6 Å². The number of halogens is 2. The highest BCUT2D eigenvalue weighted by Gasteiger charge is 2.13. The number of hydrogen-bond acceptors (Lipinski definition) is 2. The van der Waals surface area contributed by atoms with Crippen LogP contribution < -0.4 is 5.32 Å². The quantitative estimate of drug-likeness (QED) is 0.669. The largest absolute Gasteiger partial charge is 0.377 e. The van der Waals surface area contributed by atoms with Crippen LogP contribution in [0.1, 0.15) is 18.5 Å². The van der Waals surface area contributed by atoms with Gasteiger partial charge in [0.15, 0.2) is 0 Å². The molecule has 0 amide bonds. The molecule has 1 aromatic heterocycles. The Morgan fingerprint density at radius 1 is 1.00 bits per heavy atom. The Bertz CT molecular complexity index is 781. The van der Waals surface area contributed by atoms with Crippen molar-refractivity contribution in [3.8, 4) is 0 Å². The molecule has 0 aliphatic carbocycles. The molecule has 106 valence electrons. The van der Waals surface area contributed by atoms with Crippen molar-refractivity contribution in [2.45, 2.75) is 13.0 Å². The van der Waals surface area contributed by atoms with Gasteiger partial charge in [-0.15, -0.1) is 0 Å². The molecular weight excluding hydrogens is 303 g/mol. The van der Waals surface area contributed by atoms with Gasteiger partial charge in [-0.3, -0.25) is 4.98 Å². The molecule has 21 heavy (non-hydrogen) atoms. The number of nitrogens with one attached hydrogen (secondary N) is 1. The van der Waals surface area contributed by atoms with Crippen molar-refractivity contribution < 1.29 is 0 Å². The third kappa shape index (κ3) is 2.82. The Morgan fingerprint density at radius 2 is 1.76 bits per heavy atom. The zero-order chi connectivity index (χ0) is 14.8. The summed E-state index contributed by atoms with van der Waals surface area (Å²) in [5.41, 5.74) is 2.90. The number of nitrogens with zero attached hydrogens (tertiary/aromatic N) is 1. The Morgan fingerprint density at radius 3 is 2.62 bits per heavy atom. The molecule has 0 aliphatic rings. The topological polar surface area (TPSA) is 24.9 Å². The minimum atomic E-state index is 0.0313. The van der Waals surface area contributed by atoms with Crippen LogP contribution >= 0.6 is 23.2 Å². The van der Waals surface area contributed by atoms with E-state index in [0.717, 1.165) is 22.2 Å². The van der Waals surface area contributed by atoms with E-state index in [-0.39, 0.29) is 6.04 Å². The molecule has 2 aromatic carbocycles. The summed E-state index contributed by atoms with van der Waals surface area (Å²) >= 11 is 12.4. The smallest absolute Gasteiger partial charge is 0.0933 e. The van der Waals surface area contributed by atoms with Gasteiger partial charge in [-0.1, -0.05) is 53.5 Å². The van der Waals surface area contributed by atoms with Gasteiger partial charge in [-0.2, -0.15) is 0 Å². The first-order valence-electron chi connectivity index (χ1n) is 6.71. The number of aromatic nitrogens is 1. The molecule has 2 nitrogen and oxygen atoms in total. The SMILES string of the molecule is CC(Nc1cccc2cccnc12)c1cccc(Cl)c1Cl. The number of rotatable bonds is 3. The third-order valence-electron chi connectivity index (χ3n) is 3.45. The Kier molecular flexibility index (Phi) is 4.00. The Balaban J connectivity index is 1.97. The van der Waals surface area contributed by atoms with Crippen molar-refractivity contribution in [1.29, 1.82) is 0 Å². The van der Waals surface area contributed by atoms with Crippen LogP contribution in [0.3, 0.4) is 0 Å². The van der Waals surface area contributed by atoms with Gasteiger partial charge in [0.1, 0.15) is 0 Å². The zero-order valence-electron chi connectivity index (χ0n) is 11.5. The van der Waals surface area contributed by atoms with Crippen LogP contribution in [0.25, 0.3) is 10.9 Å². The van der Waals surface area contributed by atoms with E-state index < -0.39 is 0 Å². The van der Waals surface area contributed by atoms with Crippen LogP contribution in [-0.2, 0) is 0 Å². The predicted octanol–water partition coefficient (Wildman–Crippen LogP) is 5.71. The molecule has 3 aromatic rings. The molecule has 1 atom stereocenters. The molecule has 1 unspecified atom stereocenters. The second kappa shape index (κ2) is 5.92. The summed E-state index contributed by atoms with van der Waals surface area (Å²) in [6.45, 7) is 2.05. The van der Waals surface area contributed by atoms with E-state index in [9.17, 15) is 0 Å². The van der Waals surface area contributed by atoms with Gasteiger partial charge in [0.05, 0.1) is 27.3 Å². The lowest BCUT2D eigenvalue weighted by molar-refractivity contribution is 0.886. The Hall–Kier alpha value is -1.77. The number of hydrogen-bond donors (Lipinski definition) is 1. The molecule has 0 saturated carbocycles. The summed E-state index contributed by atoms with van der Waals surface area (Å²) in [4.78, 5) is 4.45. The average Bonchev–Trinajstić information content (AvgIpc) is 2.50. The lowest BCUT2D eigenvalue weighted by Crippen LogP contribution is -2.08. The first-order chi connectivity index (χ1) is 10.2. The van der Waals surface area contributed by atoms with Crippen LogP contribution in [0.2, 0.25) is 10.0 Å². The summed E-state index contributed by atoms with van der Waals surface area (Å²) in [5, 5.41) is 5.73. The van der Waals surface area contributed by atoms with Gasteiger partial charge >= 0.3 is 0 Å². The van der Waals surface area contributed by atoms with E-state index in [1.807, 2.05) is 42.5 Å². The zero-order valence-corrected chi connectivity index (χ0v) is 13.0. The Labute approximate surface area is 133 Å². The molecule has 0 aliphatic heterocycles. The van der Waals surface area contributed by atoms with Gasteiger partial charge in [0.25, 0.3) is 0 Å². The third-order valence-corrected chi connectivity index (χ3v) is 4.29. The first kappa shape index (κ1) is 14.2. The minimum absolute atomic E-state index is 0.0313. The maximum absolute atomic E-state index is 6.28. The lowest BCUT2D eigenvalue weighted by Gasteiger charge is -2.18. The van der Waals surface area contributed by atoms with Crippen LogP contribution in [0.15, 0.2) is 54.7 Å². The van der Waals surface area contributed by atoms with E-state index >= 15 is 0 Å². The molecule has 0 radical (unpaired) electrons. The predicted molar refractivity (Wildman–Crippen MR) is 90.2 cm³/mol. The summed E-state index contributed by atoms with van der Waals surface area (Å²) in [5.74, 6) is 0. The van der Waals surface area contributed by atoms with Crippen molar-refractivity contribution in [2.24, 2.45) is 0 Å². The second-order valence-electron chi connectivity index (χ2n) is 4.89. The van der Waals surface area contributed by atoms with Crippen LogP contribution in [0.5, 0.6) is 0 Å². The normalized spacial score (nSPS) is 12.3. The van der Waals surface area contributed by atoms with Crippen molar-refractivity contribution in [2.75, 3.05) is 5.32 Å².